The molecule has 0 fully saturated rings. The van der Waals surface area contributed by atoms with Crippen molar-refractivity contribution in [1.82, 2.24) is 24.8 Å². The summed E-state index contributed by atoms with van der Waals surface area (Å²) in [5.74, 6) is 0.160. The molecule has 9 heteroatoms. The Morgan fingerprint density at radius 1 is 1.18 bits per heavy atom. The van der Waals surface area contributed by atoms with Crippen LogP contribution < -0.4 is 16.3 Å². The van der Waals surface area contributed by atoms with Crippen LogP contribution in [0.3, 0.4) is 0 Å². The number of nitrogens with zero attached hydrogens (tertiary/aromatic N) is 3. The van der Waals surface area contributed by atoms with E-state index in [-0.39, 0.29) is 17.6 Å². The van der Waals surface area contributed by atoms with Gasteiger partial charge in [0, 0.05) is 18.8 Å². The van der Waals surface area contributed by atoms with Crippen molar-refractivity contribution >= 4 is 23.2 Å². The Hall–Kier alpha value is -2.84. The lowest BCUT2D eigenvalue weighted by molar-refractivity contribution is 0.0527. The van der Waals surface area contributed by atoms with Gasteiger partial charge in [0.15, 0.2) is 0 Å². The molecule has 0 aliphatic rings. The molecule has 2 aromatic heterocycles. The Kier molecular flexibility index (Phi) is 8.05. The Bertz CT molecular complexity index is 1200. The molecular weight excluding hydrogens is 454 g/mol. The summed E-state index contributed by atoms with van der Waals surface area (Å²) in [5, 5.41) is 11.1. The van der Waals surface area contributed by atoms with Crippen LogP contribution in [0.4, 0.5) is 4.79 Å². The van der Waals surface area contributed by atoms with Gasteiger partial charge in [0.05, 0.1) is 28.8 Å². The van der Waals surface area contributed by atoms with Crippen LogP contribution >= 0.6 is 11.6 Å². The van der Waals surface area contributed by atoms with Gasteiger partial charge in [-0.25, -0.2) is 9.59 Å². The zero-order valence-corrected chi connectivity index (χ0v) is 21.4. The molecule has 0 saturated carbocycles. The SMILES string of the molecule is Cc1nn2c(=O)n(Cc3ccccc3)c(C(NCCNC(=O)OC(C)(C)C)C(C)C)cc2c1Cl. The minimum absolute atomic E-state index is 0.159. The molecule has 3 rings (SSSR count). The van der Waals surface area contributed by atoms with Gasteiger partial charge in [0.25, 0.3) is 0 Å². The van der Waals surface area contributed by atoms with Crippen LogP contribution in [0.1, 0.15) is 57.6 Å². The number of aromatic nitrogens is 3. The van der Waals surface area contributed by atoms with Gasteiger partial charge in [0.1, 0.15) is 5.60 Å². The standard InChI is InChI=1S/C25H34ClN5O3/c1-16(2)22(27-12-13-28-23(32)34-25(4,5)6)20-14-19-21(26)17(3)29-31(19)24(33)30(20)15-18-10-8-7-9-11-18/h7-11,14,16,22,27H,12-13,15H2,1-6H3,(H,28,32). The maximum absolute atomic E-state index is 13.5. The maximum atomic E-state index is 13.5. The minimum Gasteiger partial charge on any atom is -0.444 e. The first-order valence-electron chi connectivity index (χ1n) is 11.5. The number of benzene rings is 1. The molecule has 1 atom stereocenters. The number of alkyl carbamates (subject to hydrolysis) is 1. The highest BCUT2D eigenvalue weighted by Crippen LogP contribution is 2.26. The van der Waals surface area contributed by atoms with Crippen LogP contribution in [0.2, 0.25) is 5.02 Å². The number of rotatable bonds is 8. The molecule has 34 heavy (non-hydrogen) atoms. The van der Waals surface area contributed by atoms with E-state index in [1.807, 2.05) is 57.2 Å². The van der Waals surface area contributed by atoms with Crippen molar-refractivity contribution in [3.63, 3.8) is 0 Å². The second kappa shape index (κ2) is 10.6. The molecule has 1 unspecified atom stereocenters. The average Bonchev–Trinajstić information content (AvgIpc) is 3.04. The van der Waals surface area contributed by atoms with Gasteiger partial charge in [-0.3, -0.25) is 4.57 Å². The summed E-state index contributed by atoms with van der Waals surface area (Å²) < 4.78 is 8.40. The number of aryl methyl sites for hydroxylation is 1. The van der Waals surface area contributed by atoms with Gasteiger partial charge in [-0.15, -0.1) is 0 Å². The molecule has 0 aliphatic carbocycles. The second-order valence-electron chi connectivity index (χ2n) is 9.72. The topological polar surface area (TPSA) is 89.7 Å². The fraction of sp³-hybridized carbons (Fsp3) is 0.480. The van der Waals surface area contributed by atoms with Crippen molar-refractivity contribution in [2.75, 3.05) is 13.1 Å². The number of ether oxygens (including phenoxy) is 1. The van der Waals surface area contributed by atoms with Crippen LogP contribution in [0, 0.1) is 12.8 Å². The number of nitrogens with one attached hydrogen (secondary N) is 2. The van der Waals surface area contributed by atoms with E-state index in [1.165, 1.54) is 4.52 Å². The number of carbonyl (C=O) groups is 1. The van der Waals surface area contributed by atoms with Crippen LogP contribution in [0.15, 0.2) is 41.2 Å². The van der Waals surface area contributed by atoms with E-state index >= 15 is 0 Å². The zero-order chi connectivity index (χ0) is 25.0. The van der Waals surface area contributed by atoms with Crippen LogP contribution in [-0.2, 0) is 11.3 Å². The van der Waals surface area contributed by atoms with Crippen molar-refractivity contribution in [1.29, 1.82) is 0 Å². The summed E-state index contributed by atoms with van der Waals surface area (Å²) in [6.45, 7) is 12.7. The van der Waals surface area contributed by atoms with Crippen molar-refractivity contribution in [3.8, 4) is 0 Å². The summed E-state index contributed by atoms with van der Waals surface area (Å²) in [7, 11) is 0. The van der Waals surface area contributed by atoms with Gasteiger partial charge in [0.2, 0.25) is 0 Å². The lowest BCUT2D eigenvalue weighted by Crippen LogP contribution is -2.40. The largest absolute Gasteiger partial charge is 0.444 e. The van der Waals surface area contributed by atoms with E-state index in [4.69, 9.17) is 16.3 Å². The summed E-state index contributed by atoms with van der Waals surface area (Å²) in [6.07, 6.45) is -0.459. The third-order valence-corrected chi connectivity index (χ3v) is 5.82. The van der Waals surface area contributed by atoms with Crippen LogP contribution in [0.25, 0.3) is 5.52 Å². The van der Waals surface area contributed by atoms with Gasteiger partial charge >= 0.3 is 11.8 Å². The monoisotopic (exact) mass is 487 g/mol. The maximum Gasteiger partial charge on any atom is 0.407 e. The van der Waals surface area contributed by atoms with E-state index in [1.54, 1.807) is 11.5 Å². The van der Waals surface area contributed by atoms with Gasteiger partial charge in [-0.2, -0.15) is 9.61 Å². The van der Waals surface area contributed by atoms with Gasteiger partial charge in [-0.1, -0.05) is 55.8 Å². The van der Waals surface area contributed by atoms with E-state index in [0.717, 1.165) is 11.3 Å². The quantitative estimate of drug-likeness (QED) is 0.462. The first-order chi connectivity index (χ1) is 16.0. The molecule has 0 bridgehead atoms. The lowest BCUT2D eigenvalue weighted by Gasteiger charge is -2.27. The first kappa shape index (κ1) is 25.8. The molecule has 1 aromatic carbocycles. The molecule has 0 spiro atoms. The Balaban J connectivity index is 1.92. The smallest absolute Gasteiger partial charge is 0.407 e. The van der Waals surface area contributed by atoms with Gasteiger partial charge < -0.3 is 15.4 Å². The third kappa shape index (κ3) is 6.18. The highest BCUT2D eigenvalue weighted by atomic mass is 35.5. The van der Waals surface area contributed by atoms with Crippen molar-refractivity contribution in [2.45, 2.75) is 59.7 Å². The van der Waals surface area contributed by atoms with Crippen molar-refractivity contribution in [2.24, 2.45) is 5.92 Å². The third-order valence-electron chi connectivity index (χ3n) is 5.36. The summed E-state index contributed by atoms with van der Waals surface area (Å²) in [4.78, 5) is 25.5. The molecule has 2 N–H and O–H groups in total. The molecule has 0 radical (unpaired) electrons. The Morgan fingerprint density at radius 2 is 1.85 bits per heavy atom. The summed E-state index contributed by atoms with van der Waals surface area (Å²) >= 11 is 6.48. The predicted octanol–water partition coefficient (Wildman–Crippen LogP) is 4.32. The molecule has 2 heterocycles. The predicted molar refractivity (Wildman–Crippen MR) is 135 cm³/mol. The van der Waals surface area contributed by atoms with E-state index in [0.29, 0.717) is 35.9 Å². The summed E-state index contributed by atoms with van der Waals surface area (Å²) in [6, 6.07) is 11.6. The number of amides is 1. The Morgan fingerprint density at radius 3 is 2.47 bits per heavy atom. The molecule has 0 aliphatic heterocycles. The zero-order valence-electron chi connectivity index (χ0n) is 20.7. The summed E-state index contributed by atoms with van der Waals surface area (Å²) in [5.41, 5.74) is 2.22. The van der Waals surface area contributed by atoms with E-state index in [9.17, 15) is 9.59 Å². The molecule has 1 amide bonds. The number of carbonyl (C=O) groups excluding carboxylic acids is 1. The van der Waals surface area contributed by atoms with E-state index in [2.05, 4.69) is 29.6 Å². The normalized spacial score (nSPS) is 12.8. The molecule has 0 saturated heterocycles. The molecule has 3 aromatic rings. The fourth-order valence-electron chi connectivity index (χ4n) is 3.81. The number of hydrogen-bond donors (Lipinski definition) is 2. The highest BCUT2D eigenvalue weighted by molar-refractivity contribution is 6.34. The molecular formula is C25H34ClN5O3. The number of hydrogen-bond acceptors (Lipinski definition) is 5. The second-order valence-corrected chi connectivity index (χ2v) is 10.1. The van der Waals surface area contributed by atoms with Crippen LogP contribution in [0.5, 0.6) is 0 Å². The lowest BCUT2D eigenvalue weighted by atomic mass is 9.99. The van der Waals surface area contributed by atoms with Gasteiger partial charge in [-0.05, 0) is 45.2 Å². The molecule has 8 nitrogen and oxygen atoms in total. The number of halogens is 1. The average molecular weight is 488 g/mol. The fourth-order valence-corrected chi connectivity index (χ4v) is 3.98. The van der Waals surface area contributed by atoms with Crippen molar-refractivity contribution < 1.29 is 9.53 Å². The number of fused-ring (bicyclic) bond motifs is 1. The van der Waals surface area contributed by atoms with E-state index < -0.39 is 11.7 Å². The van der Waals surface area contributed by atoms with Crippen LogP contribution in [-0.4, -0.2) is 39.0 Å². The first-order valence-corrected chi connectivity index (χ1v) is 11.9. The van der Waals surface area contributed by atoms with Crippen molar-refractivity contribution in [3.05, 3.63) is 68.9 Å². The molecule has 184 valence electrons. The highest BCUT2D eigenvalue weighted by Gasteiger charge is 2.24. The minimum atomic E-state index is -0.552. The Labute approximate surface area is 205 Å².